The summed E-state index contributed by atoms with van der Waals surface area (Å²) in [7, 11) is 1.57. The molecule has 1 rings (SSSR count). The van der Waals surface area contributed by atoms with Crippen LogP contribution in [0.3, 0.4) is 0 Å². The number of hydrogen-bond acceptors (Lipinski definition) is 3. The van der Waals surface area contributed by atoms with Crippen molar-refractivity contribution < 1.29 is 4.74 Å². The zero-order valence-electron chi connectivity index (χ0n) is 7.38. The summed E-state index contributed by atoms with van der Waals surface area (Å²) in [6.07, 6.45) is 1.67. The Hall–Kier alpha value is -0.870. The highest BCUT2D eigenvalue weighted by molar-refractivity contribution is 9.10. The van der Waals surface area contributed by atoms with Gasteiger partial charge in [0.2, 0.25) is 5.88 Å². The Morgan fingerprint density at radius 3 is 3.00 bits per heavy atom. The van der Waals surface area contributed by atoms with Crippen LogP contribution in [-0.4, -0.2) is 18.6 Å². The van der Waals surface area contributed by atoms with Crippen molar-refractivity contribution >= 4 is 21.5 Å². The number of rotatable bonds is 3. The highest BCUT2D eigenvalue weighted by Gasteiger charge is 2.07. The van der Waals surface area contributed by atoms with E-state index in [1.807, 2.05) is 6.07 Å². The highest BCUT2D eigenvalue weighted by Crippen LogP contribution is 2.24. The maximum absolute atomic E-state index is 5.48. The first-order chi connectivity index (χ1) is 6.19. The first kappa shape index (κ1) is 10.2. The van der Waals surface area contributed by atoms with Crippen LogP contribution in [0.25, 0.3) is 5.57 Å². The molecule has 0 saturated carbocycles. The van der Waals surface area contributed by atoms with Crippen molar-refractivity contribution in [2.45, 2.75) is 0 Å². The van der Waals surface area contributed by atoms with E-state index in [1.165, 1.54) is 0 Å². The normalized spacial score (nSPS) is 9.77. The van der Waals surface area contributed by atoms with Gasteiger partial charge in [-0.05, 0) is 27.6 Å². The van der Waals surface area contributed by atoms with E-state index in [0.717, 1.165) is 15.6 Å². The topological polar surface area (TPSA) is 48.1 Å². The van der Waals surface area contributed by atoms with Crippen molar-refractivity contribution in [3.8, 4) is 5.88 Å². The minimum Gasteiger partial charge on any atom is -0.481 e. The van der Waals surface area contributed by atoms with E-state index >= 15 is 0 Å². The fourth-order valence-electron chi connectivity index (χ4n) is 0.953. The lowest BCUT2D eigenvalue weighted by Crippen LogP contribution is -2.03. The average molecular weight is 243 g/mol. The molecular weight excluding hydrogens is 232 g/mol. The summed E-state index contributed by atoms with van der Waals surface area (Å²) < 4.78 is 5.96. The number of nitrogens with two attached hydrogens (primary N) is 1. The number of nitrogens with zero attached hydrogens (tertiary/aromatic N) is 1. The van der Waals surface area contributed by atoms with Crippen molar-refractivity contribution in [2.24, 2.45) is 5.73 Å². The van der Waals surface area contributed by atoms with E-state index in [9.17, 15) is 0 Å². The molecule has 1 heterocycles. The predicted molar refractivity (Wildman–Crippen MR) is 56.6 cm³/mol. The van der Waals surface area contributed by atoms with Crippen LogP contribution in [0, 0.1) is 0 Å². The van der Waals surface area contributed by atoms with Crippen molar-refractivity contribution in [1.82, 2.24) is 4.98 Å². The summed E-state index contributed by atoms with van der Waals surface area (Å²) in [6.45, 7) is 4.22. The average Bonchev–Trinajstić information content (AvgIpc) is 2.16. The van der Waals surface area contributed by atoms with Gasteiger partial charge in [-0.15, -0.1) is 0 Å². The van der Waals surface area contributed by atoms with Gasteiger partial charge in [0.05, 0.1) is 7.11 Å². The summed E-state index contributed by atoms with van der Waals surface area (Å²) in [5, 5.41) is 0. The molecule has 0 bridgehead atoms. The maximum atomic E-state index is 5.48. The van der Waals surface area contributed by atoms with Gasteiger partial charge < -0.3 is 10.5 Å². The number of ether oxygens (including phenoxy) is 1. The second-order valence-corrected chi connectivity index (χ2v) is 3.43. The SMILES string of the molecule is C=C(CN)c1cc(Br)cnc1OC. The minimum absolute atomic E-state index is 0.397. The molecule has 3 nitrogen and oxygen atoms in total. The van der Waals surface area contributed by atoms with Gasteiger partial charge in [0.1, 0.15) is 0 Å². The molecular formula is C9H11BrN2O. The van der Waals surface area contributed by atoms with Gasteiger partial charge in [0.25, 0.3) is 0 Å². The fourth-order valence-corrected chi connectivity index (χ4v) is 1.28. The van der Waals surface area contributed by atoms with Gasteiger partial charge in [-0.3, -0.25) is 0 Å². The molecule has 2 N–H and O–H groups in total. The van der Waals surface area contributed by atoms with E-state index in [-0.39, 0.29) is 0 Å². The van der Waals surface area contributed by atoms with Crippen molar-refractivity contribution in [3.63, 3.8) is 0 Å². The standard InChI is InChI=1S/C9H11BrN2O/c1-6(4-11)8-3-7(10)5-12-9(8)13-2/h3,5H,1,4,11H2,2H3. The van der Waals surface area contributed by atoms with Gasteiger partial charge in [-0.2, -0.15) is 0 Å². The van der Waals surface area contributed by atoms with Crippen molar-refractivity contribution in [2.75, 3.05) is 13.7 Å². The summed E-state index contributed by atoms with van der Waals surface area (Å²) in [6, 6.07) is 1.89. The summed E-state index contributed by atoms with van der Waals surface area (Å²) in [5.41, 5.74) is 7.14. The van der Waals surface area contributed by atoms with Crippen LogP contribution in [0.5, 0.6) is 5.88 Å². The molecule has 0 fully saturated rings. The van der Waals surface area contributed by atoms with Crippen LogP contribution in [0.4, 0.5) is 0 Å². The molecule has 70 valence electrons. The zero-order valence-corrected chi connectivity index (χ0v) is 8.97. The van der Waals surface area contributed by atoms with Gasteiger partial charge in [0, 0.05) is 22.8 Å². The van der Waals surface area contributed by atoms with Crippen LogP contribution in [0.2, 0.25) is 0 Å². The lowest BCUT2D eigenvalue weighted by molar-refractivity contribution is 0.396. The van der Waals surface area contributed by atoms with Crippen LogP contribution in [-0.2, 0) is 0 Å². The molecule has 4 heteroatoms. The number of aromatic nitrogens is 1. The Balaban J connectivity index is 3.15. The lowest BCUT2D eigenvalue weighted by atomic mass is 10.1. The van der Waals surface area contributed by atoms with Gasteiger partial charge in [-0.1, -0.05) is 6.58 Å². The number of methoxy groups -OCH3 is 1. The van der Waals surface area contributed by atoms with Crippen LogP contribution >= 0.6 is 15.9 Å². The smallest absolute Gasteiger partial charge is 0.220 e. The largest absolute Gasteiger partial charge is 0.481 e. The summed E-state index contributed by atoms with van der Waals surface area (Å²) in [5.74, 6) is 0.554. The van der Waals surface area contributed by atoms with E-state index in [1.54, 1.807) is 13.3 Å². The van der Waals surface area contributed by atoms with Crippen molar-refractivity contribution in [1.29, 1.82) is 0 Å². The van der Waals surface area contributed by atoms with E-state index in [0.29, 0.717) is 12.4 Å². The minimum atomic E-state index is 0.397. The highest BCUT2D eigenvalue weighted by atomic mass is 79.9. The Morgan fingerprint density at radius 2 is 2.46 bits per heavy atom. The van der Waals surface area contributed by atoms with Gasteiger partial charge >= 0.3 is 0 Å². The Kier molecular flexibility index (Phi) is 3.45. The fraction of sp³-hybridized carbons (Fsp3) is 0.222. The van der Waals surface area contributed by atoms with Crippen LogP contribution in [0.1, 0.15) is 5.56 Å². The predicted octanol–water partition coefficient (Wildman–Crippen LogP) is 1.82. The Labute approximate surface area is 85.7 Å². The molecule has 0 spiro atoms. The third kappa shape index (κ3) is 2.29. The molecule has 0 saturated heterocycles. The van der Waals surface area contributed by atoms with Crippen LogP contribution < -0.4 is 10.5 Å². The summed E-state index contributed by atoms with van der Waals surface area (Å²) >= 11 is 3.32. The molecule has 0 radical (unpaired) electrons. The first-order valence-electron chi connectivity index (χ1n) is 3.76. The molecule has 0 aliphatic heterocycles. The molecule has 0 aliphatic rings. The monoisotopic (exact) mass is 242 g/mol. The number of halogens is 1. The molecule has 1 aromatic heterocycles. The Bertz CT molecular complexity index is 325. The first-order valence-corrected chi connectivity index (χ1v) is 4.56. The van der Waals surface area contributed by atoms with E-state index in [2.05, 4.69) is 27.5 Å². The zero-order chi connectivity index (χ0) is 9.84. The second kappa shape index (κ2) is 4.39. The third-order valence-corrected chi connectivity index (χ3v) is 2.07. The second-order valence-electron chi connectivity index (χ2n) is 2.52. The quantitative estimate of drug-likeness (QED) is 0.880. The molecule has 13 heavy (non-hydrogen) atoms. The molecule has 0 unspecified atom stereocenters. The van der Waals surface area contributed by atoms with Gasteiger partial charge in [-0.25, -0.2) is 4.98 Å². The van der Waals surface area contributed by atoms with Crippen molar-refractivity contribution in [3.05, 3.63) is 28.9 Å². The molecule has 1 aromatic rings. The third-order valence-electron chi connectivity index (χ3n) is 1.64. The Morgan fingerprint density at radius 1 is 1.77 bits per heavy atom. The lowest BCUT2D eigenvalue weighted by Gasteiger charge is -2.08. The van der Waals surface area contributed by atoms with E-state index in [4.69, 9.17) is 10.5 Å². The molecule has 0 aromatic carbocycles. The molecule has 0 amide bonds. The number of hydrogen-bond donors (Lipinski definition) is 1. The number of pyridine rings is 1. The molecule has 0 atom stereocenters. The van der Waals surface area contributed by atoms with Crippen LogP contribution in [0.15, 0.2) is 23.3 Å². The molecule has 0 aliphatic carbocycles. The van der Waals surface area contributed by atoms with E-state index < -0.39 is 0 Å². The van der Waals surface area contributed by atoms with Gasteiger partial charge in [0.15, 0.2) is 0 Å². The maximum Gasteiger partial charge on any atom is 0.220 e. The summed E-state index contributed by atoms with van der Waals surface area (Å²) in [4.78, 5) is 4.08.